The van der Waals surface area contributed by atoms with E-state index in [0.717, 1.165) is 51.4 Å². The summed E-state index contributed by atoms with van der Waals surface area (Å²) in [7, 11) is 0. The van der Waals surface area contributed by atoms with Crippen molar-refractivity contribution in [3.05, 3.63) is 47.5 Å². The molecule has 0 spiro atoms. The number of aromatic nitrogens is 2. The van der Waals surface area contributed by atoms with Gasteiger partial charge in [-0.05, 0) is 37.5 Å². The fourth-order valence-electron chi connectivity index (χ4n) is 4.00. The van der Waals surface area contributed by atoms with Crippen LogP contribution < -0.4 is 15.0 Å². The van der Waals surface area contributed by atoms with Gasteiger partial charge in [0.1, 0.15) is 11.6 Å². The number of nitrogens with zero attached hydrogens (tertiary/aromatic N) is 4. The van der Waals surface area contributed by atoms with Crippen LogP contribution in [0.2, 0.25) is 0 Å². The van der Waals surface area contributed by atoms with E-state index in [2.05, 4.69) is 38.9 Å². The average molecular weight is 526 g/mol. The molecule has 1 fully saturated rings. The van der Waals surface area contributed by atoms with Crippen molar-refractivity contribution in [1.29, 1.82) is 0 Å². The summed E-state index contributed by atoms with van der Waals surface area (Å²) in [6.07, 6.45) is 6.69. The predicted molar refractivity (Wildman–Crippen MR) is 138 cm³/mol. The number of hydrogen-bond donors (Lipinski definition) is 3. The Balaban J connectivity index is 0.00000456. The summed E-state index contributed by atoms with van der Waals surface area (Å²) in [4.78, 5) is 25.8. The number of carbonyl (C=O) groups is 1. The first-order chi connectivity index (χ1) is 16.9. The van der Waals surface area contributed by atoms with Crippen LogP contribution in [0, 0.1) is 5.82 Å². The van der Waals surface area contributed by atoms with Crippen molar-refractivity contribution in [2.45, 2.75) is 45.2 Å². The number of anilines is 1. The average Bonchev–Trinajstić information content (AvgIpc) is 2.88. The van der Waals surface area contributed by atoms with Crippen LogP contribution in [0.1, 0.15) is 42.6 Å². The van der Waals surface area contributed by atoms with Gasteiger partial charge in [0.15, 0.2) is 0 Å². The number of carbonyl (C=O) groups excluding carboxylic acids is 1. The molecule has 200 valence electrons. The van der Waals surface area contributed by atoms with Crippen LogP contribution in [-0.4, -0.2) is 89.1 Å². The fourth-order valence-corrected chi connectivity index (χ4v) is 4.00. The Hall–Kier alpha value is -2.53. The van der Waals surface area contributed by atoms with Crippen molar-refractivity contribution >= 4 is 24.3 Å². The molecule has 1 unspecified atom stereocenters. The van der Waals surface area contributed by atoms with Gasteiger partial charge in [-0.2, -0.15) is 0 Å². The van der Waals surface area contributed by atoms with Crippen molar-refractivity contribution < 1.29 is 24.1 Å². The molecule has 0 bridgehead atoms. The molecule has 0 aliphatic carbocycles. The molecule has 1 aliphatic heterocycles. The van der Waals surface area contributed by atoms with Gasteiger partial charge >= 0.3 is 0 Å². The number of ether oxygens (including phenoxy) is 1. The van der Waals surface area contributed by atoms with Gasteiger partial charge in [-0.15, -0.1) is 12.4 Å². The van der Waals surface area contributed by atoms with Gasteiger partial charge in [0.2, 0.25) is 5.95 Å². The SMILES string of the molecule is CCCc1cnc(N2CCN(C(C)CCOc3ccc(C(=O)NC(CO)CO)c(F)c3)CC2)nc1.Cl. The van der Waals surface area contributed by atoms with E-state index >= 15 is 0 Å². The van der Waals surface area contributed by atoms with Gasteiger partial charge in [0, 0.05) is 50.7 Å². The molecule has 1 aromatic heterocycles. The summed E-state index contributed by atoms with van der Waals surface area (Å²) in [6, 6.07) is 3.52. The predicted octanol–water partition coefficient (Wildman–Crippen LogP) is 2.05. The quantitative estimate of drug-likeness (QED) is 0.386. The highest BCUT2D eigenvalue weighted by molar-refractivity contribution is 5.94. The summed E-state index contributed by atoms with van der Waals surface area (Å²) in [5.74, 6) is -0.288. The highest BCUT2D eigenvalue weighted by Crippen LogP contribution is 2.19. The first-order valence-electron chi connectivity index (χ1n) is 12.2. The molecular weight excluding hydrogens is 489 g/mol. The minimum atomic E-state index is -0.833. The molecule has 9 nitrogen and oxygen atoms in total. The molecule has 1 aliphatic rings. The van der Waals surface area contributed by atoms with Crippen LogP contribution in [-0.2, 0) is 6.42 Å². The molecule has 1 saturated heterocycles. The Bertz CT molecular complexity index is 941. The molecule has 3 rings (SSSR count). The van der Waals surface area contributed by atoms with E-state index in [-0.39, 0.29) is 18.0 Å². The number of aliphatic hydroxyl groups is 2. The van der Waals surface area contributed by atoms with Crippen LogP contribution in [0.25, 0.3) is 0 Å². The van der Waals surface area contributed by atoms with E-state index in [1.165, 1.54) is 17.7 Å². The normalized spacial score (nSPS) is 14.9. The summed E-state index contributed by atoms with van der Waals surface area (Å²) in [5.41, 5.74) is 0.998. The summed E-state index contributed by atoms with van der Waals surface area (Å²) < 4.78 is 20.1. The molecule has 11 heteroatoms. The van der Waals surface area contributed by atoms with Gasteiger partial charge in [0.05, 0.1) is 31.4 Å². The Labute approximate surface area is 218 Å². The summed E-state index contributed by atoms with van der Waals surface area (Å²) in [5, 5.41) is 20.5. The van der Waals surface area contributed by atoms with Crippen LogP contribution in [0.15, 0.2) is 30.6 Å². The van der Waals surface area contributed by atoms with Gasteiger partial charge in [-0.1, -0.05) is 13.3 Å². The molecule has 3 N–H and O–H groups in total. The number of amides is 1. The maximum absolute atomic E-state index is 14.4. The largest absolute Gasteiger partial charge is 0.493 e. The molecule has 2 heterocycles. The van der Waals surface area contributed by atoms with Gasteiger partial charge in [0.25, 0.3) is 5.91 Å². The number of halogens is 2. The van der Waals surface area contributed by atoms with Crippen molar-refractivity contribution in [2.24, 2.45) is 0 Å². The first kappa shape index (κ1) is 29.7. The highest BCUT2D eigenvalue weighted by atomic mass is 35.5. The number of aliphatic hydroxyl groups excluding tert-OH is 2. The molecule has 36 heavy (non-hydrogen) atoms. The summed E-state index contributed by atoms with van der Waals surface area (Å²) in [6.45, 7) is 7.39. The smallest absolute Gasteiger partial charge is 0.254 e. The van der Waals surface area contributed by atoms with Gasteiger partial charge in [-0.25, -0.2) is 14.4 Å². The zero-order valence-electron chi connectivity index (χ0n) is 20.9. The number of benzene rings is 1. The highest BCUT2D eigenvalue weighted by Gasteiger charge is 2.23. The molecule has 0 radical (unpaired) electrons. The fraction of sp³-hybridized carbons (Fsp3) is 0.560. The zero-order chi connectivity index (χ0) is 25.2. The third kappa shape index (κ3) is 8.26. The van der Waals surface area contributed by atoms with E-state index < -0.39 is 31.0 Å². The molecule has 1 aromatic carbocycles. The Kier molecular flexibility index (Phi) is 12.3. The molecular formula is C25H37ClFN5O4. The lowest BCUT2D eigenvalue weighted by Crippen LogP contribution is -2.50. The van der Waals surface area contributed by atoms with Crippen molar-refractivity contribution in [3.8, 4) is 5.75 Å². The van der Waals surface area contributed by atoms with Gasteiger partial charge in [-0.3, -0.25) is 9.69 Å². The Morgan fingerprint density at radius 2 is 1.83 bits per heavy atom. The topological polar surface area (TPSA) is 111 Å². The van der Waals surface area contributed by atoms with Crippen LogP contribution in [0.4, 0.5) is 10.3 Å². The van der Waals surface area contributed by atoms with Crippen molar-refractivity contribution in [1.82, 2.24) is 20.2 Å². The maximum Gasteiger partial charge on any atom is 0.254 e. The minimum Gasteiger partial charge on any atom is -0.493 e. The zero-order valence-corrected chi connectivity index (χ0v) is 21.7. The van der Waals surface area contributed by atoms with Crippen LogP contribution in [0.3, 0.4) is 0 Å². The Morgan fingerprint density at radius 3 is 2.42 bits per heavy atom. The van der Waals surface area contributed by atoms with Crippen LogP contribution >= 0.6 is 12.4 Å². The molecule has 2 aromatic rings. The minimum absolute atomic E-state index is 0. The second-order valence-electron chi connectivity index (χ2n) is 8.83. The van der Waals surface area contributed by atoms with E-state index in [1.807, 2.05) is 12.4 Å². The number of aryl methyl sites for hydroxylation is 1. The van der Waals surface area contributed by atoms with E-state index in [1.54, 1.807) is 6.07 Å². The van der Waals surface area contributed by atoms with Crippen LogP contribution in [0.5, 0.6) is 5.75 Å². The third-order valence-electron chi connectivity index (χ3n) is 6.22. The lowest BCUT2D eigenvalue weighted by atomic mass is 10.1. The summed E-state index contributed by atoms with van der Waals surface area (Å²) >= 11 is 0. The van der Waals surface area contributed by atoms with Crippen molar-refractivity contribution in [3.63, 3.8) is 0 Å². The lowest BCUT2D eigenvalue weighted by Gasteiger charge is -2.38. The Morgan fingerprint density at radius 1 is 1.17 bits per heavy atom. The molecule has 1 amide bonds. The molecule has 0 saturated carbocycles. The number of rotatable bonds is 12. The van der Waals surface area contributed by atoms with E-state index in [4.69, 9.17) is 14.9 Å². The number of nitrogens with one attached hydrogen (secondary N) is 1. The van der Waals surface area contributed by atoms with E-state index in [9.17, 15) is 9.18 Å². The lowest BCUT2D eigenvalue weighted by molar-refractivity contribution is 0.0875. The number of hydrogen-bond acceptors (Lipinski definition) is 8. The standard InChI is InChI=1S/C25H36FN5O4.ClH/c1-3-4-19-14-27-25(28-15-19)31-10-8-30(9-11-31)18(2)7-12-35-21-5-6-22(23(26)13-21)24(34)29-20(16-32)17-33;/h5-6,13-15,18,20,32-33H,3-4,7-12,16-17H2,1-2H3,(H,29,34);1H. The monoisotopic (exact) mass is 525 g/mol. The second kappa shape index (κ2) is 14.9. The molecule has 1 atom stereocenters. The van der Waals surface area contributed by atoms with Crippen molar-refractivity contribution in [2.75, 3.05) is 50.9 Å². The number of piperazine rings is 1. The van der Waals surface area contributed by atoms with E-state index in [0.29, 0.717) is 18.4 Å². The maximum atomic E-state index is 14.4. The first-order valence-corrected chi connectivity index (χ1v) is 12.2. The third-order valence-corrected chi connectivity index (χ3v) is 6.22. The second-order valence-corrected chi connectivity index (χ2v) is 8.83. The van der Waals surface area contributed by atoms with Gasteiger partial charge < -0.3 is 25.2 Å².